The molecule has 0 spiro atoms. The topological polar surface area (TPSA) is 37.3 Å². The number of carboxylic acids is 1. The predicted octanol–water partition coefficient (Wildman–Crippen LogP) is 2.81. The van der Waals surface area contributed by atoms with Crippen molar-refractivity contribution in [3.8, 4) is 11.8 Å². The van der Waals surface area contributed by atoms with Gasteiger partial charge in [-0.05, 0) is 12.1 Å². The molecule has 2 rings (SSSR count). The third-order valence-electron chi connectivity index (χ3n) is 1.75. The van der Waals surface area contributed by atoms with Crippen molar-refractivity contribution in [2.24, 2.45) is 0 Å². The van der Waals surface area contributed by atoms with Gasteiger partial charge < -0.3 is 5.11 Å². The number of carbonyl (C=O) groups is 1. The molecule has 2 nitrogen and oxygen atoms in total. The Bertz CT molecular complexity index is 466. The fourth-order valence-electron chi connectivity index (χ4n) is 1.03. The molecule has 0 aliphatic carbocycles. The molecule has 0 saturated heterocycles. The van der Waals surface area contributed by atoms with Crippen LogP contribution in [0.1, 0.15) is 5.56 Å². The van der Waals surface area contributed by atoms with Crippen molar-refractivity contribution in [1.82, 2.24) is 0 Å². The summed E-state index contributed by atoms with van der Waals surface area (Å²) in [5.41, 5.74) is 0.718. The molecule has 0 radical (unpaired) electrons. The fraction of sp³-hybridized carbons (Fsp3) is 0. The van der Waals surface area contributed by atoms with Gasteiger partial charge in [0.2, 0.25) is 0 Å². The van der Waals surface area contributed by atoms with Crippen LogP contribution in [0.15, 0.2) is 66.7 Å². The zero-order valence-electron chi connectivity index (χ0n) is 9.21. The van der Waals surface area contributed by atoms with E-state index in [1.54, 1.807) is 12.1 Å². The molecule has 1 N–H and O–H groups in total. The Hall–Kier alpha value is -2.53. The second-order valence-corrected chi connectivity index (χ2v) is 3.08. The Kier molecular flexibility index (Phi) is 5.70. The zero-order valence-corrected chi connectivity index (χ0v) is 9.21. The number of benzene rings is 2. The number of carboxylic acid groups (broad SMARTS) is 1. The van der Waals surface area contributed by atoms with Crippen LogP contribution in [0.2, 0.25) is 0 Å². The molecule has 0 atom stereocenters. The first kappa shape index (κ1) is 12.5. The maximum atomic E-state index is 10.00. The predicted molar refractivity (Wildman–Crippen MR) is 67.4 cm³/mol. The Morgan fingerprint density at radius 3 is 1.65 bits per heavy atom. The van der Waals surface area contributed by atoms with E-state index in [4.69, 9.17) is 5.11 Å². The summed E-state index contributed by atoms with van der Waals surface area (Å²) in [7, 11) is 0. The third-order valence-corrected chi connectivity index (χ3v) is 1.75. The van der Waals surface area contributed by atoms with Crippen LogP contribution in [0.5, 0.6) is 0 Å². The second kappa shape index (κ2) is 7.72. The Morgan fingerprint density at radius 1 is 0.824 bits per heavy atom. The van der Waals surface area contributed by atoms with Gasteiger partial charge in [0.05, 0.1) is 0 Å². The van der Waals surface area contributed by atoms with Gasteiger partial charge in [-0.3, -0.25) is 0 Å². The number of hydrogen-bond donors (Lipinski definition) is 1. The largest absolute Gasteiger partial charge is 0.472 e. The molecular weight excluding hydrogens is 212 g/mol. The van der Waals surface area contributed by atoms with E-state index < -0.39 is 5.97 Å². The van der Waals surface area contributed by atoms with Crippen LogP contribution < -0.4 is 0 Å². The molecular formula is C15H12O2. The van der Waals surface area contributed by atoms with Gasteiger partial charge in [0.15, 0.2) is 0 Å². The molecule has 0 fully saturated rings. The summed E-state index contributed by atoms with van der Waals surface area (Å²) in [4.78, 5) is 10.00. The van der Waals surface area contributed by atoms with Crippen molar-refractivity contribution in [3.63, 3.8) is 0 Å². The number of hydrogen-bond acceptors (Lipinski definition) is 1. The van der Waals surface area contributed by atoms with Crippen LogP contribution in [0.4, 0.5) is 0 Å². The maximum absolute atomic E-state index is 10.00. The summed E-state index contributed by atoms with van der Waals surface area (Å²) in [6, 6.07) is 21.0. The highest BCUT2D eigenvalue weighted by atomic mass is 16.4. The van der Waals surface area contributed by atoms with Crippen molar-refractivity contribution in [2.45, 2.75) is 0 Å². The lowest BCUT2D eigenvalue weighted by atomic mass is 10.2. The number of aliphatic carboxylic acids is 1. The maximum Gasteiger partial charge on any atom is 0.382 e. The quantitative estimate of drug-likeness (QED) is 0.699. The molecule has 0 unspecified atom stereocenters. The average Bonchev–Trinajstić information content (AvgIpc) is 2.40. The summed E-state index contributed by atoms with van der Waals surface area (Å²) in [5.74, 6) is 3.42. The lowest BCUT2D eigenvalue weighted by Crippen LogP contribution is -1.86. The van der Waals surface area contributed by atoms with E-state index in [1.165, 1.54) is 0 Å². The van der Waals surface area contributed by atoms with Gasteiger partial charge in [0.1, 0.15) is 0 Å². The first-order valence-corrected chi connectivity index (χ1v) is 5.09. The summed E-state index contributed by atoms with van der Waals surface area (Å²) in [6.45, 7) is 0. The van der Waals surface area contributed by atoms with Crippen LogP contribution in [-0.2, 0) is 4.79 Å². The molecule has 2 aromatic carbocycles. The van der Waals surface area contributed by atoms with E-state index in [9.17, 15) is 4.79 Å². The summed E-state index contributed by atoms with van der Waals surface area (Å²) >= 11 is 0. The van der Waals surface area contributed by atoms with Crippen LogP contribution in [0, 0.1) is 11.8 Å². The minimum atomic E-state index is -1.10. The lowest BCUT2D eigenvalue weighted by molar-refractivity contribution is -0.130. The third kappa shape index (κ3) is 6.53. The molecule has 0 aromatic heterocycles. The average molecular weight is 224 g/mol. The monoisotopic (exact) mass is 224 g/mol. The second-order valence-electron chi connectivity index (χ2n) is 3.08. The SMILES string of the molecule is O=C(O)C#Cc1ccccc1.c1ccccc1. The Labute approximate surface area is 101 Å². The van der Waals surface area contributed by atoms with Crippen LogP contribution in [0.3, 0.4) is 0 Å². The smallest absolute Gasteiger partial charge is 0.382 e. The highest BCUT2D eigenvalue weighted by Crippen LogP contribution is 1.94. The Balaban J connectivity index is 0.000000202. The first-order valence-electron chi connectivity index (χ1n) is 5.09. The highest BCUT2D eigenvalue weighted by Gasteiger charge is 1.84. The summed E-state index contributed by atoms with van der Waals surface area (Å²) in [6.07, 6.45) is 0. The minimum Gasteiger partial charge on any atom is -0.472 e. The highest BCUT2D eigenvalue weighted by molar-refractivity contribution is 5.87. The van der Waals surface area contributed by atoms with Crippen molar-refractivity contribution in [2.75, 3.05) is 0 Å². The molecule has 2 aromatic rings. The molecule has 0 aliphatic rings. The van der Waals surface area contributed by atoms with E-state index in [-0.39, 0.29) is 0 Å². The van der Waals surface area contributed by atoms with Crippen molar-refractivity contribution >= 4 is 5.97 Å². The van der Waals surface area contributed by atoms with Gasteiger partial charge >= 0.3 is 5.97 Å². The molecule has 2 heteroatoms. The standard InChI is InChI=1S/C9H6O2.C6H6/c10-9(11)7-6-8-4-2-1-3-5-8;1-2-4-6-5-3-1/h1-5H,(H,10,11);1-6H. The molecule has 17 heavy (non-hydrogen) atoms. The van der Waals surface area contributed by atoms with Gasteiger partial charge in [-0.25, -0.2) is 4.79 Å². The summed E-state index contributed by atoms with van der Waals surface area (Å²) in [5, 5.41) is 8.20. The molecule has 0 saturated carbocycles. The van der Waals surface area contributed by atoms with Crippen molar-refractivity contribution in [3.05, 3.63) is 72.3 Å². The first-order chi connectivity index (χ1) is 8.29. The van der Waals surface area contributed by atoms with Gasteiger partial charge in [-0.2, -0.15) is 0 Å². The number of rotatable bonds is 0. The van der Waals surface area contributed by atoms with E-state index in [1.807, 2.05) is 60.5 Å². The van der Waals surface area contributed by atoms with E-state index in [0.29, 0.717) is 0 Å². The molecule has 84 valence electrons. The van der Waals surface area contributed by atoms with Crippen LogP contribution in [0.25, 0.3) is 0 Å². The van der Waals surface area contributed by atoms with Crippen LogP contribution in [-0.4, -0.2) is 11.1 Å². The van der Waals surface area contributed by atoms with E-state index in [0.717, 1.165) is 5.56 Å². The lowest BCUT2D eigenvalue weighted by Gasteiger charge is -1.83. The zero-order chi connectivity index (χ0) is 12.3. The van der Waals surface area contributed by atoms with Crippen LogP contribution >= 0.6 is 0 Å². The van der Waals surface area contributed by atoms with Crippen molar-refractivity contribution in [1.29, 1.82) is 0 Å². The van der Waals surface area contributed by atoms with Crippen molar-refractivity contribution < 1.29 is 9.90 Å². The normalized spacial score (nSPS) is 8.00. The van der Waals surface area contributed by atoms with Gasteiger partial charge in [-0.1, -0.05) is 60.5 Å². The molecule has 0 bridgehead atoms. The molecule has 0 aliphatic heterocycles. The fourth-order valence-corrected chi connectivity index (χ4v) is 1.03. The minimum absolute atomic E-state index is 0.718. The van der Waals surface area contributed by atoms with Gasteiger partial charge in [0, 0.05) is 11.5 Å². The van der Waals surface area contributed by atoms with E-state index >= 15 is 0 Å². The Morgan fingerprint density at radius 2 is 1.24 bits per heavy atom. The molecule has 0 heterocycles. The van der Waals surface area contributed by atoms with E-state index in [2.05, 4.69) is 5.92 Å². The van der Waals surface area contributed by atoms with Gasteiger partial charge in [0.25, 0.3) is 0 Å². The summed E-state index contributed by atoms with van der Waals surface area (Å²) < 4.78 is 0. The van der Waals surface area contributed by atoms with Gasteiger partial charge in [-0.15, -0.1) is 0 Å². The molecule has 0 amide bonds.